The van der Waals surface area contributed by atoms with Crippen LogP contribution in [0, 0.1) is 3.57 Å². The van der Waals surface area contributed by atoms with Crippen molar-refractivity contribution < 1.29 is 9.31 Å². The molecule has 0 atom stereocenters. The fraction of sp³-hybridized carbons (Fsp3) is 0.500. The number of hydrogen-bond donors (Lipinski definition) is 0. The van der Waals surface area contributed by atoms with E-state index >= 15 is 0 Å². The van der Waals surface area contributed by atoms with Gasteiger partial charge in [0.25, 0.3) is 0 Å². The second-order valence-corrected chi connectivity index (χ2v) is 6.39. The molecule has 1 aliphatic heterocycles. The Balaban J connectivity index is 2.23. The summed E-state index contributed by atoms with van der Waals surface area (Å²) in [7, 11) is -0.248. The molecule has 4 heteroatoms. The number of benzene rings is 1. The Bertz CT molecular complexity index is 371. The summed E-state index contributed by atoms with van der Waals surface area (Å²) in [5, 5.41) is 0. The molecule has 1 heterocycles. The highest BCUT2D eigenvalue weighted by molar-refractivity contribution is 14.1. The number of hydrogen-bond acceptors (Lipinski definition) is 2. The largest absolute Gasteiger partial charge is 0.494 e. The Hall–Kier alpha value is -0.0651. The maximum absolute atomic E-state index is 5.97. The molecule has 0 aromatic heterocycles. The molecule has 0 saturated carbocycles. The third-order valence-electron chi connectivity index (χ3n) is 3.40. The van der Waals surface area contributed by atoms with Gasteiger partial charge in [0.05, 0.1) is 11.2 Å². The van der Waals surface area contributed by atoms with E-state index in [0.29, 0.717) is 0 Å². The van der Waals surface area contributed by atoms with Gasteiger partial charge in [-0.2, -0.15) is 0 Å². The normalized spacial score (nSPS) is 22.4. The van der Waals surface area contributed by atoms with Gasteiger partial charge in [-0.05, 0) is 67.9 Å². The Morgan fingerprint density at radius 2 is 1.38 bits per heavy atom. The molecule has 0 bridgehead atoms. The van der Waals surface area contributed by atoms with E-state index in [4.69, 9.17) is 9.31 Å². The van der Waals surface area contributed by atoms with Crippen LogP contribution in [0.1, 0.15) is 27.7 Å². The molecule has 1 aromatic rings. The summed E-state index contributed by atoms with van der Waals surface area (Å²) >= 11 is 2.29. The molecule has 0 N–H and O–H groups in total. The van der Waals surface area contributed by atoms with Crippen molar-refractivity contribution in [3.63, 3.8) is 0 Å². The summed E-state index contributed by atoms with van der Waals surface area (Å²) < 4.78 is 13.2. The van der Waals surface area contributed by atoms with Gasteiger partial charge in [0.2, 0.25) is 0 Å². The first-order valence-electron chi connectivity index (χ1n) is 5.43. The highest BCUT2D eigenvalue weighted by atomic mass is 127. The van der Waals surface area contributed by atoms with Crippen molar-refractivity contribution in [2.75, 3.05) is 0 Å². The minimum atomic E-state index is -0.263. The van der Waals surface area contributed by atoms with Gasteiger partial charge in [0.15, 0.2) is 0 Å². The minimum absolute atomic E-state index is 0.248. The molecule has 1 saturated heterocycles. The Morgan fingerprint density at radius 1 is 0.938 bits per heavy atom. The lowest BCUT2D eigenvalue weighted by molar-refractivity contribution is 0.00578. The molecule has 16 heavy (non-hydrogen) atoms. The Kier molecular flexibility index (Phi) is 3.10. The standard InChI is InChI=1S/C12H16BIO2/c1-11(2)12(3,4)16-13(15-11)9-5-7-10(14)8-6-9/h5-8H,1-4H3. The van der Waals surface area contributed by atoms with Gasteiger partial charge in [-0.15, -0.1) is 0 Å². The monoisotopic (exact) mass is 330 g/mol. The fourth-order valence-corrected chi connectivity index (χ4v) is 1.96. The van der Waals surface area contributed by atoms with Gasteiger partial charge < -0.3 is 9.31 Å². The van der Waals surface area contributed by atoms with Crippen molar-refractivity contribution in [2.45, 2.75) is 38.9 Å². The molecule has 0 unspecified atom stereocenters. The summed E-state index contributed by atoms with van der Waals surface area (Å²) in [5.41, 5.74) is 0.556. The smallest absolute Gasteiger partial charge is 0.399 e. The van der Waals surface area contributed by atoms with Gasteiger partial charge >= 0.3 is 7.12 Å². The predicted molar refractivity (Wildman–Crippen MR) is 74.9 cm³/mol. The van der Waals surface area contributed by atoms with Crippen LogP contribution in [0.25, 0.3) is 0 Å². The van der Waals surface area contributed by atoms with E-state index in [2.05, 4.69) is 74.6 Å². The van der Waals surface area contributed by atoms with Crippen molar-refractivity contribution in [1.82, 2.24) is 0 Å². The Morgan fingerprint density at radius 3 is 1.81 bits per heavy atom. The van der Waals surface area contributed by atoms with Gasteiger partial charge in [-0.1, -0.05) is 12.1 Å². The van der Waals surface area contributed by atoms with Crippen molar-refractivity contribution in [1.29, 1.82) is 0 Å². The SMILES string of the molecule is CC1(C)OB(c2ccc(I)cc2)OC1(C)C. The highest BCUT2D eigenvalue weighted by Crippen LogP contribution is 2.36. The summed E-state index contributed by atoms with van der Waals surface area (Å²) in [6.07, 6.45) is 0. The Labute approximate surface area is 111 Å². The molecule has 0 amide bonds. The maximum atomic E-state index is 5.97. The first kappa shape index (κ1) is 12.4. The van der Waals surface area contributed by atoms with E-state index in [1.165, 1.54) is 3.57 Å². The second-order valence-electron chi connectivity index (χ2n) is 5.14. The van der Waals surface area contributed by atoms with Gasteiger partial charge in [-0.3, -0.25) is 0 Å². The summed E-state index contributed by atoms with van der Waals surface area (Å²) in [6, 6.07) is 8.26. The molecular weight excluding hydrogens is 314 g/mol. The van der Waals surface area contributed by atoms with Crippen LogP contribution < -0.4 is 5.46 Å². The van der Waals surface area contributed by atoms with Crippen LogP contribution in [0.5, 0.6) is 0 Å². The van der Waals surface area contributed by atoms with Crippen molar-refractivity contribution in [3.8, 4) is 0 Å². The third-order valence-corrected chi connectivity index (χ3v) is 4.11. The number of rotatable bonds is 1. The molecule has 2 rings (SSSR count). The number of halogens is 1. The van der Waals surface area contributed by atoms with E-state index < -0.39 is 0 Å². The summed E-state index contributed by atoms with van der Waals surface area (Å²) in [4.78, 5) is 0. The van der Waals surface area contributed by atoms with Crippen LogP contribution in [0.15, 0.2) is 24.3 Å². The first-order chi connectivity index (χ1) is 7.32. The zero-order valence-electron chi connectivity index (χ0n) is 10.1. The fourth-order valence-electron chi connectivity index (χ4n) is 1.60. The van der Waals surface area contributed by atoms with Gasteiger partial charge in [0.1, 0.15) is 0 Å². The molecule has 0 aliphatic carbocycles. The third kappa shape index (κ3) is 2.15. The van der Waals surface area contributed by atoms with E-state index in [1.54, 1.807) is 0 Å². The van der Waals surface area contributed by atoms with Crippen molar-refractivity contribution in [2.24, 2.45) is 0 Å². The first-order valence-corrected chi connectivity index (χ1v) is 6.51. The maximum Gasteiger partial charge on any atom is 0.494 e. The molecule has 0 spiro atoms. The topological polar surface area (TPSA) is 18.5 Å². The zero-order valence-corrected chi connectivity index (χ0v) is 12.2. The lowest BCUT2D eigenvalue weighted by Gasteiger charge is -2.32. The average Bonchev–Trinajstić information content (AvgIpc) is 2.37. The van der Waals surface area contributed by atoms with Crippen LogP contribution in [0.3, 0.4) is 0 Å². The van der Waals surface area contributed by atoms with E-state index in [-0.39, 0.29) is 18.3 Å². The van der Waals surface area contributed by atoms with Gasteiger partial charge in [0, 0.05) is 3.57 Å². The highest BCUT2D eigenvalue weighted by Gasteiger charge is 2.51. The van der Waals surface area contributed by atoms with Crippen LogP contribution in [-0.2, 0) is 9.31 Å². The molecule has 1 aliphatic rings. The molecule has 1 aromatic carbocycles. The lowest BCUT2D eigenvalue weighted by atomic mass is 9.79. The van der Waals surface area contributed by atoms with Crippen LogP contribution >= 0.6 is 22.6 Å². The second kappa shape index (κ2) is 4.00. The quantitative estimate of drug-likeness (QED) is 0.582. The van der Waals surface area contributed by atoms with Gasteiger partial charge in [-0.25, -0.2) is 0 Å². The summed E-state index contributed by atoms with van der Waals surface area (Å²) in [6.45, 7) is 8.28. The van der Waals surface area contributed by atoms with E-state index in [9.17, 15) is 0 Å². The van der Waals surface area contributed by atoms with E-state index in [0.717, 1.165) is 5.46 Å². The van der Waals surface area contributed by atoms with Crippen molar-refractivity contribution in [3.05, 3.63) is 27.8 Å². The van der Waals surface area contributed by atoms with Crippen LogP contribution in [0.2, 0.25) is 0 Å². The predicted octanol–water partition coefficient (Wildman–Crippen LogP) is 2.59. The molecule has 1 fully saturated rings. The minimum Gasteiger partial charge on any atom is -0.399 e. The van der Waals surface area contributed by atoms with Crippen molar-refractivity contribution >= 4 is 35.2 Å². The van der Waals surface area contributed by atoms with Crippen LogP contribution in [-0.4, -0.2) is 18.3 Å². The van der Waals surface area contributed by atoms with Crippen LogP contribution in [0.4, 0.5) is 0 Å². The molecular formula is C12H16BIO2. The average molecular weight is 330 g/mol. The zero-order chi connectivity index (χ0) is 12.0. The molecule has 2 nitrogen and oxygen atoms in total. The lowest BCUT2D eigenvalue weighted by Crippen LogP contribution is -2.41. The molecule has 0 radical (unpaired) electrons. The summed E-state index contributed by atoms with van der Waals surface area (Å²) in [5.74, 6) is 0. The van der Waals surface area contributed by atoms with E-state index in [1.807, 2.05) is 0 Å². The molecule has 86 valence electrons.